The first-order valence-electron chi connectivity index (χ1n) is 5.43. The number of hydrogen-bond acceptors (Lipinski definition) is 2. The van der Waals surface area contributed by atoms with Crippen LogP contribution in [0.15, 0.2) is 18.2 Å². The van der Waals surface area contributed by atoms with Crippen molar-refractivity contribution in [2.45, 2.75) is 25.7 Å². The molecule has 0 heterocycles. The number of aliphatic hydroxyl groups is 1. The lowest BCUT2D eigenvalue weighted by atomic mass is 10.2. The highest BCUT2D eigenvalue weighted by molar-refractivity contribution is 5.24. The van der Waals surface area contributed by atoms with E-state index in [9.17, 15) is 8.78 Å². The summed E-state index contributed by atoms with van der Waals surface area (Å²) < 4.78 is 31.0. The summed E-state index contributed by atoms with van der Waals surface area (Å²) in [6, 6.07) is 3.88. The van der Waals surface area contributed by atoms with Crippen molar-refractivity contribution in [3.05, 3.63) is 29.8 Å². The van der Waals surface area contributed by atoms with Gasteiger partial charge in [0.15, 0.2) is 11.6 Å². The van der Waals surface area contributed by atoms with Gasteiger partial charge < -0.3 is 9.84 Å². The van der Waals surface area contributed by atoms with Gasteiger partial charge in [-0.1, -0.05) is 12.5 Å². The smallest absolute Gasteiger partial charge is 0.200 e. The molecule has 0 amide bonds. The number of halogens is 2. The van der Waals surface area contributed by atoms with E-state index in [4.69, 9.17) is 9.84 Å². The Morgan fingerprint density at radius 2 is 1.81 bits per heavy atom. The zero-order chi connectivity index (χ0) is 11.8. The second kappa shape index (κ2) is 7.17. The highest BCUT2D eigenvalue weighted by Crippen LogP contribution is 2.19. The van der Waals surface area contributed by atoms with Crippen molar-refractivity contribution in [3.8, 4) is 5.75 Å². The molecule has 0 aliphatic carbocycles. The van der Waals surface area contributed by atoms with Gasteiger partial charge in [0.05, 0.1) is 6.61 Å². The van der Waals surface area contributed by atoms with Crippen LogP contribution in [0.4, 0.5) is 8.78 Å². The van der Waals surface area contributed by atoms with Crippen molar-refractivity contribution >= 4 is 0 Å². The van der Waals surface area contributed by atoms with Crippen LogP contribution < -0.4 is 4.74 Å². The lowest BCUT2D eigenvalue weighted by molar-refractivity contribution is 0.268. The lowest BCUT2D eigenvalue weighted by Crippen LogP contribution is -2.00. The number of aliphatic hydroxyl groups excluding tert-OH is 1. The number of rotatable bonds is 7. The summed E-state index contributed by atoms with van der Waals surface area (Å²) in [6.45, 7) is 0.561. The van der Waals surface area contributed by atoms with Crippen LogP contribution in [0.3, 0.4) is 0 Å². The first kappa shape index (κ1) is 12.9. The van der Waals surface area contributed by atoms with E-state index in [1.54, 1.807) is 0 Å². The zero-order valence-electron chi connectivity index (χ0n) is 9.09. The summed E-state index contributed by atoms with van der Waals surface area (Å²) in [5.41, 5.74) is 0. The Hall–Kier alpha value is -1.16. The van der Waals surface area contributed by atoms with E-state index in [0.717, 1.165) is 31.7 Å². The van der Waals surface area contributed by atoms with Gasteiger partial charge in [0.25, 0.3) is 0 Å². The monoisotopic (exact) mass is 230 g/mol. The molecule has 0 aliphatic rings. The quantitative estimate of drug-likeness (QED) is 0.730. The largest absolute Gasteiger partial charge is 0.490 e. The van der Waals surface area contributed by atoms with Crippen LogP contribution in [0.25, 0.3) is 0 Å². The molecule has 1 rings (SSSR count). The van der Waals surface area contributed by atoms with Crippen LogP contribution in [0.1, 0.15) is 25.7 Å². The van der Waals surface area contributed by atoms with E-state index in [1.807, 2.05) is 0 Å². The van der Waals surface area contributed by atoms with Crippen LogP contribution in [0.2, 0.25) is 0 Å². The number of ether oxygens (including phenoxy) is 1. The molecular weight excluding hydrogens is 214 g/mol. The molecule has 0 radical (unpaired) electrons. The molecule has 0 fully saturated rings. The Balaban J connectivity index is 2.24. The predicted octanol–water partition coefficient (Wildman–Crippen LogP) is 2.90. The third kappa shape index (κ3) is 4.14. The molecule has 16 heavy (non-hydrogen) atoms. The molecule has 2 nitrogen and oxygen atoms in total. The average molecular weight is 230 g/mol. The van der Waals surface area contributed by atoms with Crippen LogP contribution in [0.5, 0.6) is 5.75 Å². The second-order valence-electron chi connectivity index (χ2n) is 3.54. The molecule has 0 aromatic heterocycles. The molecule has 0 bridgehead atoms. The normalized spacial score (nSPS) is 10.4. The molecule has 4 heteroatoms. The maximum absolute atomic E-state index is 13.1. The van der Waals surface area contributed by atoms with E-state index < -0.39 is 11.6 Å². The SMILES string of the molecule is OCCCCCCOc1cccc(F)c1F. The summed E-state index contributed by atoms with van der Waals surface area (Å²) in [7, 11) is 0. The Morgan fingerprint density at radius 1 is 1.06 bits per heavy atom. The lowest BCUT2D eigenvalue weighted by Gasteiger charge is -2.07. The fraction of sp³-hybridized carbons (Fsp3) is 0.500. The minimum Gasteiger partial charge on any atom is -0.490 e. The molecule has 1 aromatic rings. The molecule has 0 spiro atoms. The first-order valence-corrected chi connectivity index (χ1v) is 5.43. The number of hydrogen-bond donors (Lipinski definition) is 1. The number of unbranched alkanes of at least 4 members (excludes halogenated alkanes) is 3. The van der Waals surface area contributed by atoms with Gasteiger partial charge in [0.2, 0.25) is 5.82 Å². The molecule has 0 aliphatic heterocycles. The van der Waals surface area contributed by atoms with Gasteiger partial charge in [-0.15, -0.1) is 0 Å². The molecular formula is C12H16F2O2. The molecule has 0 saturated heterocycles. The second-order valence-corrected chi connectivity index (χ2v) is 3.54. The number of benzene rings is 1. The topological polar surface area (TPSA) is 29.5 Å². The summed E-state index contributed by atoms with van der Waals surface area (Å²) >= 11 is 0. The Kier molecular flexibility index (Phi) is 5.78. The van der Waals surface area contributed by atoms with Crippen molar-refractivity contribution in [1.29, 1.82) is 0 Å². The van der Waals surface area contributed by atoms with Crippen LogP contribution in [0, 0.1) is 11.6 Å². The molecule has 0 saturated carbocycles. The first-order chi connectivity index (χ1) is 7.75. The van der Waals surface area contributed by atoms with Gasteiger partial charge in [-0.05, 0) is 31.4 Å². The molecule has 1 N–H and O–H groups in total. The van der Waals surface area contributed by atoms with Gasteiger partial charge in [0.1, 0.15) is 0 Å². The van der Waals surface area contributed by atoms with Gasteiger partial charge in [-0.3, -0.25) is 0 Å². The van der Waals surface area contributed by atoms with Crippen molar-refractivity contribution in [1.82, 2.24) is 0 Å². The van der Waals surface area contributed by atoms with Crippen molar-refractivity contribution in [3.63, 3.8) is 0 Å². The van der Waals surface area contributed by atoms with E-state index in [2.05, 4.69) is 0 Å². The predicted molar refractivity (Wildman–Crippen MR) is 57.4 cm³/mol. The van der Waals surface area contributed by atoms with E-state index in [-0.39, 0.29) is 12.4 Å². The zero-order valence-corrected chi connectivity index (χ0v) is 9.09. The van der Waals surface area contributed by atoms with Crippen LogP contribution >= 0.6 is 0 Å². The van der Waals surface area contributed by atoms with E-state index >= 15 is 0 Å². The maximum Gasteiger partial charge on any atom is 0.200 e. The highest BCUT2D eigenvalue weighted by Gasteiger charge is 2.07. The van der Waals surface area contributed by atoms with Gasteiger partial charge >= 0.3 is 0 Å². The molecule has 0 unspecified atom stereocenters. The Bertz CT molecular complexity index is 316. The van der Waals surface area contributed by atoms with Gasteiger partial charge in [-0.25, -0.2) is 4.39 Å². The fourth-order valence-electron chi connectivity index (χ4n) is 1.35. The van der Waals surface area contributed by atoms with Gasteiger partial charge in [0, 0.05) is 6.61 Å². The van der Waals surface area contributed by atoms with E-state index in [1.165, 1.54) is 12.1 Å². The fourth-order valence-corrected chi connectivity index (χ4v) is 1.35. The molecule has 1 aromatic carbocycles. The minimum atomic E-state index is -0.933. The summed E-state index contributed by atoms with van der Waals surface area (Å²) in [5, 5.41) is 8.55. The summed E-state index contributed by atoms with van der Waals surface area (Å²) in [4.78, 5) is 0. The van der Waals surface area contributed by atoms with E-state index in [0.29, 0.717) is 6.61 Å². The maximum atomic E-state index is 13.1. The highest BCUT2D eigenvalue weighted by atomic mass is 19.2. The third-order valence-electron chi connectivity index (χ3n) is 2.23. The van der Waals surface area contributed by atoms with Crippen LogP contribution in [-0.2, 0) is 0 Å². The van der Waals surface area contributed by atoms with Crippen molar-refractivity contribution in [2.24, 2.45) is 0 Å². The van der Waals surface area contributed by atoms with Crippen molar-refractivity contribution < 1.29 is 18.6 Å². The standard InChI is InChI=1S/C12H16F2O2/c13-10-6-5-7-11(12(10)14)16-9-4-2-1-3-8-15/h5-7,15H,1-4,8-9H2. The van der Waals surface area contributed by atoms with Gasteiger partial charge in [-0.2, -0.15) is 4.39 Å². The third-order valence-corrected chi connectivity index (χ3v) is 2.23. The minimum absolute atomic E-state index is 0.0397. The van der Waals surface area contributed by atoms with Crippen molar-refractivity contribution in [2.75, 3.05) is 13.2 Å². The Morgan fingerprint density at radius 3 is 2.56 bits per heavy atom. The van der Waals surface area contributed by atoms with Crippen LogP contribution in [-0.4, -0.2) is 18.3 Å². The summed E-state index contributed by atoms with van der Waals surface area (Å²) in [6.07, 6.45) is 3.38. The Labute approximate surface area is 93.9 Å². The molecule has 90 valence electrons. The summed E-state index contributed by atoms with van der Waals surface area (Å²) in [5.74, 6) is -1.86. The average Bonchev–Trinajstić information content (AvgIpc) is 2.29. The molecule has 0 atom stereocenters.